The van der Waals surface area contributed by atoms with Crippen LogP contribution in [0.25, 0.3) is 6.08 Å². The predicted octanol–water partition coefficient (Wildman–Crippen LogP) is 6.90. The topological polar surface area (TPSA) is 105 Å². The molecular formula is C31H42N2O4. The Balaban J connectivity index is 1.49. The van der Waals surface area contributed by atoms with Crippen molar-refractivity contribution in [3.05, 3.63) is 65.2 Å². The van der Waals surface area contributed by atoms with Crippen molar-refractivity contribution >= 4 is 29.4 Å². The van der Waals surface area contributed by atoms with Crippen molar-refractivity contribution in [2.75, 3.05) is 18.1 Å². The van der Waals surface area contributed by atoms with Crippen LogP contribution in [0, 0.1) is 5.92 Å². The summed E-state index contributed by atoms with van der Waals surface area (Å²) in [5.41, 5.74) is 15.4. The number of nitrogen functional groups attached to an aromatic ring is 2. The van der Waals surface area contributed by atoms with Crippen LogP contribution < -0.4 is 11.5 Å². The fraction of sp³-hybridized carbons (Fsp3) is 0.484. The Kier molecular flexibility index (Phi) is 11.1. The van der Waals surface area contributed by atoms with Gasteiger partial charge >= 0.3 is 11.9 Å². The van der Waals surface area contributed by atoms with Crippen LogP contribution in [0.1, 0.15) is 99.0 Å². The van der Waals surface area contributed by atoms with Gasteiger partial charge in [-0.3, -0.25) is 0 Å². The van der Waals surface area contributed by atoms with Crippen molar-refractivity contribution in [2.24, 2.45) is 5.92 Å². The number of ether oxygens (including phenoxy) is 2. The fourth-order valence-corrected chi connectivity index (χ4v) is 5.03. The van der Waals surface area contributed by atoms with E-state index in [1.54, 1.807) is 36.4 Å². The lowest BCUT2D eigenvalue weighted by molar-refractivity contribution is -0.138. The molecule has 1 aliphatic carbocycles. The van der Waals surface area contributed by atoms with Gasteiger partial charge in [-0.1, -0.05) is 51.7 Å². The quantitative estimate of drug-likeness (QED) is 0.184. The third-order valence-corrected chi connectivity index (χ3v) is 7.13. The highest BCUT2D eigenvalue weighted by Crippen LogP contribution is 2.30. The lowest BCUT2D eigenvalue weighted by Gasteiger charge is -2.28. The maximum Gasteiger partial charge on any atom is 0.338 e. The van der Waals surface area contributed by atoms with Gasteiger partial charge in [-0.2, -0.15) is 0 Å². The number of nitrogens with two attached hydrogens (primary N) is 2. The molecule has 0 aliphatic heterocycles. The summed E-state index contributed by atoms with van der Waals surface area (Å²) in [6.45, 7) is 4.61. The van der Waals surface area contributed by atoms with Gasteiger partial charge in [0.1, 0.15) is 6.10 Å². The molecule has 6 nitrogen and oxygen atoms in total. The summed E-state index contributed by atoms with van der Waals surface area (Å²) >= 11 is 0. The zero-order valence-corrected chi connectivity index (χ0v) is 22.3. The van der Waals surface area contributed by atoms with Gasteiger partial charge in [0.2, 0.25) is 0 Å². The molecule has 37 heavy (non-hydrogen) atoms. The van der Waals surface area contributed by atoms with Crippen molar-refractivity contribution in [1.29, 1.82) is 0 Å². The molecule has 1 saturated carbocycles. The van der Waals surface area contributed by atoms with Crippen LogP contribution in [-0.4, -0.2) is 24.6 Å². The number of hydrogen-bond donors (Lipinski definition) is 2. The summed E-state index contributed by atoms with van der Waals surface area (Å²) in [6, 6.07) is 12.6. The summed E-state index contributed by atoms with van der Waals surface area (Å²) in [5, 5.41) is 0. The molecular weight excluding hydrogens is 464 g/mol. The molecule has 3 rings (SSSR count). The first-order valence-electron chi connectivity index (χ1n) is 13.7. The number of unbranched alkanes of at least 4 members (excludes halogenated alkanes) is 1. The van der Waals surface area contributed by atoms with E-state index in [9.17, 15) is 9.59 Å². The lowest BCUT2D eigenvalue weighted by Crippen LogP contribution is -2.24. The highest BCUT2D eigenvalue weighted by Gasteiger charge is 2.24. The molecule has 4 N–H and O–H groups in total. The van der Waals surface area contributed by atoms with Crippen LogP contribution in [-0.2, 0) is 14.3 Å². The standard InChI is InChI=1S/C31H42N2O4/c1-3-5-7-25(26-18-27(32)20-28(33)19-26)21-36-30(34)17-12-23-8-13-24(14-9-23)31(35)37-29-15-10-22(6-4-2)11-16-29/h8-9,12-14,17-20,22,25,29H,3-7,10-11,15-16,21,32-33H2,1-2H3. The van der Waals surface area contributed by atoms with Gasteiger partial charge in [-0.05, 0) is 85.6 Å². The first-order valence-corrected chi connectivity index (χ1v) is 13.7. The highest BCUT2D eigenvalue weighted by atomic mass is 16.5. The molecule has 0 spiro atoms. The van der Waals surface area contributed by atoms with Crippen LogP contribution >= 0.6 is 0 Å². The van der Waals surface area contributed by atoms with Crippen LogP contribution in [0.4, 0.5) is 11.4 Å². The summed E-state index contributed by atoms with van der Waals surface area (Å²) in [4.78, 5) is 24.9. The number of hydrogen-bond acceptors (Lipinski definition) is 6. The van der Waals surface area contributed by atoms with Crippen molar-refractivity contribution < 1.29 is 19.1 Å². The molecule has 1 fully saturated rings. The third kappa shape index (κ3) is 9.27. The first kappa shape index (κ1) is 28.3. The summed E-state index contributed by atoms with van der Waals surface area (Å²) < 4.78 is 11.3. The van der Waals surface area contributed by atoms with E-state index in [2.05, 4.69) is 13.8 Å². The van der Waals surface area contributed by atoms with Crippen molar-refractivity contribution in [3.63, 3.8) is 0 Å². The molecule has 2 aromatic rings. The summed E-state index contributed by atoms with van der Waals surface area (Å²) in [7, 11) is 0. The average molecular weight is 507 g/mol. The molecule has 0 heterocycles. The average Bonchev–Trinajstić information content (AvgIpc) is 2.88. The van der Waals surface area contributed by atoms with Gasteiger partial charge in [0.15, 0.2) is 0 Å². The predicted molar refractivity (Wildman–Crippen MR) is 150 cm³/mol. The molecule has 0 aromatic heterocycles. The Morgan fingerprint density at radius 2 is 1.65 bits per heavy atom. The third-order valence-electron chi connectivity index (χ3n) is 7.13. The van der Waals surface area contributed by atoms with Crippen LogP contribution in [0.2, 0.25) is 0 Å². The Labute approximate surface area is 221 Å². The largest absolute Gasteiger partial charge is 0.462 e. The second kappa shape index (κ2) is 14.5. The zero-order chi connectivity index (χ0) is 26.6. The molecule has 1 unspecified atom stereocenters. The fourth-order valence-electron chi connectivity index (χ4n) is 5.03. The number of esters is 2. The van der Waals surface area contributed by atoms with E-state index in [4.69, 9.17) is 20.9 Å². The maximum atomic E-state index is 12.6. The Hall–Kier alpha value is -3.28. The lowest BCUT2D eigenvalue weighted by atomic mass is 9.85. The zero-order valence-electron chi connectivity index (χ0n) is 22.3. The van der Waals surface area contributed by atoms with Gasteiger partial charge in [-0.25, -0.2) is 9.59 Å². The van der Waals surface area contributed by atoms with Gasteiger partial charge in [0.25, 0.3) is 0 Å². The van der Waals surface area contributed by atoms with E-state index in [0.29, 0.717) is 16.9 Å². The first-order chi connectivity index (χ1) is 17.9. The molecule has 0 radical (unpaired) electrons. The molecule has 1 aliphatic rings. The smallest absolute Gasteiger partial charge is 0.338 e. The minimum absolute atomic E-state index is 0.0138. The van der Waals surface area contributed by atoms with E-state index < -0.39 is 5.97 Å². The van der Waals surface area contributed by atoms with Gasteiger partial charge in [0.05, 0.1) is 12.2 Å². The Morgan fingerprint density at radius 1 is 0.973 bits per heavy atom. The van der Waals surface area contributed by atoms with E-state index in [0.717, 1.165) is 62.0 Å². The van der Waals surface area contributed by atoms with Crippen molar-refractivity contribution in [1.82, 2.24) is 0 Å². The molecule has 0 amide bonds. The number of carbonyl (C=O) groups excluding carboxylic acids is 2. The monoisotopic (exact) mass is 506 g/mol. The van der Waals surface area contributed by atoms with E-state index in [1.165, 1.54) is 18.9 Å². The maximum absolute atomic E-state index is 12.6. The Bertz CT molecular complexity index is 1020. The molecule has 0 saturated heterocycles. The van der Waals surface area contributed by atoms with Crippen LogP contribution in [0.3, 0.4) is 0 Å². The SMILES string of the molecule is CCCCC(COC(=O)C=Cc1ccc(C(=O)OC2CCC(CCC)CC2)cc1)c1cc(N)cc(N)c1. The highest BCUT2D eigenvalue weighted by molar-refractivity contribution is 5.90. The normalized spacial score (nSPS) is 18.4. The minimum Gasteiger partial charge on any atom is -0.462 e. The van der Waals surface area contributed by atoms with Gasteiger partial charge < -0.3 is 20.9 Å². The van der Waals surface area contributed by atoms with E-state index in [1.807, 2.05) is 12.1 Å². The second-order valence-electron chi connectivity index (χ2n) is 10.2. The summed E-state index contributed by atoms with van der Waals surface area (Å²) in [6.07, 6.45) is 12.7. The van der Waals surface area contributed by atoms with Crippen molar-refractivity contribution in [3.8, 4) is 0 Å². The van der Waals surface area contributed by atoms with E-state index >= 15 is 0 Å². The second-order valence-corrected chi connectivity index (χ2v) is 10.2. The van der Waals surface area contributed by atoms with Gasteiger partial charge in [-0.15, -0.1) is 0 Å². The number of rotatable bonds is 12. The van der Waals surface area contributed by atoms with Crippen LogP contribution in [0.5, 0.6) is 0 Å². The van der Waals surface area contributed by atoms with Gasteiger partial charge in [0, 0.05) is 23.4 Å². The number of carbonyl (C=O) groups is 2. The molecule has 0 bridgehead atoms. The minimum atomic E-state index is -0.416. The van der Waals surface area contributed by atoms with E-state index in [-0.39, 0.29) is 24.6 Å². The molecule has 6 heteroatoms. The van der Waals surface area contributed by atoms with Crippen molar-refractivity contribution in [2.45, 2.75) is 83.7 Å². The Morgan fingerprint density at radius 3 is 2.27 bits per heavy atom. The van der Waals surface area contributed by atoms with Crippen LogP contribution in [0.15, 0.2) is 48.5 Å². The molecule has 2 aromatic carbocycles. The number of anilines is 2. The molecule has 1 atom stereocenters. The number of benzene rings is 2. The summed E-state index contributed by atoms with van der Waals surface area (Å²) in [5.74, 6) is 0.112. The molecule has 200 valence electrons.